The van der Waals surface area contributed by atoms with E-state index in [1.165, 1.54) is 12.1 Å². The van der Waals surface area contributed by atoms with Gasteiger partial charge in [0.15, 0.2) is 15.0 Å². The van der Waals surface area contributed by atoms with Gasteiger partial charge in [-0.2, -0.15) is 0 Å². The number of ketones is 1. The predicted molar refractivity (Wildman–Crippen MR) is 128 cm³/mol. The van der Waals surface area contributed by atoms with Crippen LogP contribution in [0.5, 0.6) is 0 Å². The van der Waals surface area contributed by atoms with Crippen LogP contribution in [-0.2, 0) is 9.84 Å². The van der Waals surface area contributed by atoms with Gasteiger partial charge in [-0.15, -0.1) is 0 Å². The molecule has 0 saturated heterocycles. The molecule has 1 heterocycles. The lowest BCUT2D eigenvalue weighted by Gasteiger charge is -2.05. The van der Waals surface area contributed by atoms with E-state index >= 15 is 0 Å². The molecule has 3 rings (SSSR count). The van der Waals surface area contributed by atoms with Gasteiger partial charge >= 0.3 is 0 Å². The second-order valence-electron chi connectivity index (χ2n) is 6.87. The van der Waals surface area contributed by atoms with Gasteiger partial charge in [0, 0.05) is 5.69 Å². The molecule has 0 aliphatic heterocycles. The van der Waals surface area contributed by atoms with Gasteiger partial charge in [0.1, 0.15) is 10.7 Å². The zero-order chi connectivity index (χ0) is 22.8. The van der Waals surface area contributed by atoms with Gasteiger partial charge in [-0.05, 0) is 50.2 Å². The van der Waals surface area contributed by atoms with Crippen LogP contribution in [-0.4, -0.2) is 24.9 Å². The Labute approximate surface area is 194 Å². The van der Waals surface area contributed by atoms with Crippen molar-refractivity contribution in [3.8, 4) is 0 Å². The number of hydrogen-bond acceptors (Lipinski definition) is 7. The topological polar surface area (TPSA) is 102 Å². The van der Waals surface area contributed by atoms with Crippen molar-refractivity contribution < 1.29 is 13.2 Å². The number of benzene rings is 2. The maximum absolute atomic E-state index is 12.9. The molecule has 0 amide bonds. The van der Waals surface area contributed by atoms with Crippen LogP contribution in [0.15, 0.2) is 59.0 Å². The van der Waals surface area contributed by atoms with E-state index in [1.54, 1.807) is 36.4 Å². The fourth-order valence-corrected chi connectivity index (χ4v) is 5.33. The fraction of sp³-hybridized carbons (Fsp3) is 0.143. The Hall–Kier alpha value is -2.39. The van der Waals surface area contributed by atoms with Gasteiger partial charge in [0.25, 0.3) is 0 Å². The molecule has 31 heavy (non-hydrogen) atoms. The summed E-state index contributed by atoms with van der Waals surface area (Å²) >= 11 is 13.3. The lowest BCUT2D eigenvalue weighted by Crippen LogP contribution is -2.05. The van der Waals surface area contributed by atoms with Crippen molar-refractivity contribution in [3.63, 3.8) is 0 Å². The molecule has 0 spiro atoms. The quantitative estimate of drug-likeness (QED) is 0.319. The maximum atomic E-state index is 12.9. The summed E-state index contributed by atoms with van der Waals surface area (Å²) < 4.78 is 24.7. The number of aromatic nitrogens is 1. The summed E-state index contributed by atoms with van der Waals surface area (Å²) in [6.45, 7) is 3.70. The monoisotopic (exact) mass is 495 g/mol. The summed E-state index contributed by atoms with van der Waals surface area (Å²) in [5.41, 5.74) is 7.64. The number of nitrogens with two attached hydrogens (primary N) is 1. The standard InChI is InChI=1S/C21H19Cl2N3O3S2/c1-12(2)10-11-31(28,29)14-8-6-13(7-9-14)25-21-26-20(24)19(30-21)18(27)17-15(22)4-3-5-16(17)23/h3-10H,11,24H2,1-2H3,(H,25,26). The molecule has 0 fully saturated rings. The number of thiazole rings is 1. The maximum Gasteiger partial charge on any atom is 0.209 e. The molecule has 0 bridgehead atoms. The first-order valence-corrected chi connectivity index (χ1v) is 12.3. The highest BCUT2D eigenvalue weighted by Crippen LogP contribution is 2.34. The van der Waals surface area contributed by atoms with Crippen LogP contribution in [0, 0.1) is 0 Å². The third-order valence-corrected chi connectivity index (χ3v) is 7.44. The van der Waals surface area contributed by atoms with Crippen molar-refractivity contribution in [1.29, 1.82) is 0 Å². The summed E-state index contributed by atoms with van der Waals surface area (Å²) in [7, 11) is -3.40. The molecule has 2 aromatic carbocycles. The Morgan fingerprint density at radius 1 is 1.13 bits per heavy atom. The molecule has 0 unspecified atom stereocenters. The number of carbonyl (C=O) groups is 1. The summed E-state index contributed by atoms with van der Waals surface area (Å²) in [5, 5.41) is 3.86. The molecule has 6 nitrogen and oxygen atoms in total. The average Bonchev–Trinajstić information content (AvgIpc) is 3.06. The molecule has 0 atom stereocenters. The van der Waals surface area contributed by atoms with Gasteiger partial charge < -0.3 is 11.1 Å². The van der Waals surface area contributed by atoms with Crippen molar-refractivity contribution in [2.24, 2.45) is 0 Å². The van der Waals surface area contributed by atoms with Gasteiger partial charge in [0.2, 0.25) is 5.78 Å². The Bertz CT molecular complexity index is 1240. The second kappa shape index (κ2) is 9.40. The minimum absolute atomic E-state index is 0.0504. The predicted octanol–water partition coefficient (Wildman–Crippen LogP) is 5.75. The molecule has 3 N–H and O–H groups in total. The molecule has 3 aromatic rings. The lowest BCUT2D eigenvalue weighted by atomic mass is 10.1. The van der Waals surface area contributed by atoms with E-state index in [9.17, 15) is 13.2 Å². The molecule has 0 saturated carbocycles. The summed E-state index contributed by atoms with van der Waals surface area (Å²) in [6, 6.07) is 11.1. The fourth-order valence-electron chi connectivity index (χ4n) is 2.62. The number of hydrogen-bond donors (Lipinski definition) is 2. The minimum Gasteiger partial charge on any atom is -0.382 e. The highest BCUT2D eigenvalue weighted by molar-refractivity contribution is 7.91. The number of carbonyl (C=O) groups excluding carboxylic acids is 1. The zero-order valence-electron chi connectivity index (χ0n) is 16.6. The average molecular weight is 496 g/mol. The SMILES string of the molecule is CC(C)=CCS(=O)(=O)c1ccc(Nc2nc(N)c(C(=O)c3c(Cl)cccc3Cl)s2)cc1. The largest absolute Gasteiger partial charge is 0.382 e. The van der Waals surface area contributed by atoms with Crippen LogP contribution in [0.25, 0.3) is 0 Å². The van der Waals surface area contributed by atoms with Crippen molar-refractivity contribution in [3.05, 3.63) is 74.6 Å². The van der Waals surface area contributed by atoms with Crippen molar-refractivity contribution in [2.45, 2.75) is 18.7 Å². The summed E-state index contributed by atoms with van der Waals surface area (Å²) in [5.74, 6) is -0.421. The van der Waals surface area contributed by atoms with E-state index in [2.05, 4.69) is 10.3 Å². The summed E-state index contributed by atoms with van der Waals surface area (Å²) in [6.07, 6.45) is 1.67. The molecule has 10 heteroatoms. The zero-order valence-corrected chi connectivity index (χ0v) is 19.8. The first kappa shape index (κ1) is 23.3. The van der Waals surface area contributed by atoms with Gasteiger partial charge in [-0.1, -0.05) is 52.3 Å². The number of nitrogen functional groups attached to an aromatic ring is 1. The summed E-state index contributed by atoms with van der Waals surface area (Å²) in [4.78, 5) is 17.5. The number of sulfone groups is 1. The first-order valence-electron chi connectivity index (χ1n) is 9.06. The third-order valence-electron chi connectivity index (χ3n) is 4.23. The molecule has 162 valence electrons. The Balaban J connectivity index is 1.81. The third kappa shape index (κ3) is 5.46. The van der Waals surface area contributed by atoms with Crippen LogP contribution in [0.4, 0.5) is 16.6 Å². The number of anilines is 3. The Kier molecular flexibility index (Phi) is 7.06. The number of halogens is 2. The van der Waals surface area contributed by atoms with E-state index in [0.29, 0.717) is 10.8 Å². The number of allylic oxidation sites excluding steroid dienone is 1. The Morgan fingerprint density at radius 2 is 1.74 bits per heavy atom. The van der Waals surface area contributed by atoms with E-state index in [1.807, 2.05) is 13.8 Å². The number of nitrogens with one attached hydrogen (secondary N) is 1. The van der Waals surface area contributed by atoms with E-state index in [4.69, 9.17) is 28.9 Å². The second-order valence-corrected chi connectivity index (χ2v) is 10.7. The van der Waals surface area contributed by atoms with Crippen molar-refractivity contribution in [1.82, 2.24) is 4.98 Å². The first-order chi connectivity index (χ1) is 14.6. The minimum atomic E-state index is -3.40. The van der Waals surface area contributed by atoms with Crippen molar-refractivity contribution in [2.75, 3.05) is 16.8 Å². The molecular formula is C21H19Cl2N3O3S2. The molecule has 1 aromatic heterocycles. The van der Waals surface area contributed by atoms with Gasteiger partial charge in [-0.25, -0.2) is 13.4 Å². The van der Waals surface area contributed by atoms with Crippen LogP contribution in [0.3, 0.4) is 0 Å². The van der Waals surface area contributed by atoms with Gasteiger partial charge in [-0.3, -0.25) is 4.79 Å². The van der Waals surface area contributed by atoms with Crippen LogP contribution in [0.2, 0.25) is 10.0 Å². The highest BCUT2D eigenvalue weighted by Gasteiger charge is 2.22. The number of rotatable bonds is 7. The van der Waals surface area contributed by atoms with E-state index < -0.39 is 15.6 Å². The lowest BCUT2D eigenvalue weighted by molar-refractivity contribution is 0.104. The van der Waals surface area contributed by atoms with Crippen molar-refractivity contribution >= 4 is 66.8 Å². The molecular weight excluding hydrogens is 477 g/mol. The molecule has 0 aliphatic carbocycles. The van der Waals surface area contributed by atoms with Crippen LogP contribution < -0.4 is 11.1 Å². The van der Waals surface area contributed by atoms with E-state index in [0.717, 1.165) is 16.9 Å². The smallest absolute Gasteiger partial charge is 0.209 e. The van der Waals surface area contributed by atoms with E-state index in [-0.39, 0.29) is 37.0 Å². The molecule has 0 aliphatic rings. The molecule has 0 radical (unpaired) electrons. The number of nitrogens with zero attached hydrogens (tertiary/aromatic N) is 1. The highest BCUT2D eigenvalue weighted by atomic mass is 35.5. The normalized spacial score (nSPS) is 11.2. The Morgan fingerprint density at radius 3 is 2.32 bits per heavy atom. The van der Waals surface area contributed by atoms with Gasteiger partial charge in [0.05, 0.1) is 26.3 Å². The van der Waals surface area contributed by atoms with Crippen LogP contribution >= 0.6 is 34.5 Å². The van der Waals surface area contributed by atoms with Crippen LogP contribution in [0.1, 0.15) is 29.1 Å².